The summed E-state index contributed by atoms with van der Waals surface area (Å²) in [5.74, 6) is 3.83. The van der Waals surface area contributed by atoms with Crippen molar-refractivity contribution in [1.82, 2.24) is 0 Å². The summed E-state index contributed by atoms with van der Waals surface area (Å²) in [5.41, 5.74) is 0. The molecule has 0 atom stereocenters. The van der Waals surface area contributed by atoms with Crippen LogP contribution in [0.5, 0.6) is 0 Å². The van der Waals surface area contributed by atoms with Crippen molar-refractivity contribution in [3.05, 3.63) is 10.1 Å². The van der Waals surface area contributed by atoms with Gasteiger partial charge in [0.1, 0.15) is 0 Å². The van der Waals surface area contributed by atoms with Gasteiger partial charge in [-0.1, -0.05) is 0 Å². The van der Waals surface area contributed by atoms with Gasteiger partial charge in [0.15, 0.2) is 5.03 Å². The van der Waals surface area contributed by atoms with Crippen LogP contribution in [0.3, 0.4) is 0 Å². The molecule has 0 aliphatic heterocycles. The predicted molar refractivity (Wildman–Crippen MR) is 23.2 cm³/mol. The zero-order valence-electron chi connectivity index (χ0n) is 5.00. The smallest absolute Gasteiger partial charge is 0.756 e. The number of nitrogens with zero attached hydrogens (tertiary/aromatic N) is 1. The van der Waals surface area contributed by atoms with Crippen molar-refractivity contribution in [2.45, 2.75) is 0 Å². The predicted octanol–water partition coefficient (Wildman–Crippen LogP) is -5.42. The molecule has 4 N–H and O–H groups in total. The Hall–Kier alpha value is 0.946. The Balaban J connectivity index is -0.0000000910. The summed E-state index contributed by atoms with van der Waals surface area (Å²) < 4.78 is 8.77. The molecule has 0 saturated carbocycles. The number of hydrogen-bond acceptors (Lipinski definition) is 4. The molecular formula is H4KN2O6P. The van der Waals surface area contributed by atoms with E-state index in [9.17, 15) is 0 Å². The summed E-state index contributed by atoms with van der Waals surface area (Å²) in [6.07, 6.45) is 0. The van der Waals surface area contributed by atoms with Crippen LogP contribution in [0.4, 0.5) is 0 Å². The third-order valence-corrected chi connectivity index (χ3v) is 0. The van der Waals surface area contributed by atoms with Crippen LogP contribution in [0, 0.1) is 10.1 Å². The van der Waals surface area contributed by atoms with E-state index in [2.05, 4.69) is 5.84 Å². The Morgan fingerprint density at radius 1 is 1.50 bits per heavy atom. The van der Waals surface area contributed by atoms with Gasteiger partial charge in [0.05, 0.1) is 0 Å². The molecule has 0 aliphatic rings. The van der Waals surface area contributed by atoms with Gasteiger partial charge in [-0.25, -0.2) is 10.1 Å². The van der Waals surface area contributed by atoms with Crippen molar-refractivity contribution in [2.24, 2.45) is 5.84 Å². The standard InChI is InChI=1S/K.H2N2O2.H3O4P/c;1-2(3)4;1-5(2,3)4/h;1H2;(H3,1,2,3,4)/q+1;;/p-1. The Bertz CT molecular complexity index is 115. The topological polar surface area (TPSA) is 150 Å². The van der Waals surface area contributed by atoms with Crippen LogP contribution >= 0.6 is 7.82 Å². The van der Waals surface area contributed by atoms with Crippen LogP contribution in [0.1, 0.15) is 0 Å². The molecule has 0 aliphatic carbocycles. The van der Waals surface area contributed by atoms with Crippen molar-refractivity contribution in [2.75, 3.05) is 0 Å². The van der Waals surface area contributed by atoms with E-state index in [0.717, 1.165) is 0 Å². The van der Waals surface area contributed by atoms with Crippen LogP contribution < -0.4 is 62.1 Å². The molecule has 0 aromatic carbocycles. The van der Waals surface area contributed by atoms with Gasteiger partial charge in [-0.05, 0) is 0 Å². The molecule has 0 bridgehead atoms. The molecule has 10 heteroatoms. The molecular weight excluding hydrogens is 194 g/mol. The van der Waals surface area contributed by atoms with Crippen LogP contribution in [-0.2, 0) is 4.57 Å². The van der Waals surface area contributed by atoms with Crippen molar-refractivity contribution in [3.63, 3.8) is 0 Å². The minimum atomic E-state index is -4.89. The Morgan fingerprint density at radius 3 is 1.50 bits per heavy atom. The zero-order valence-corrected chi connectivity index (χ0v) is 9.02. The second-order valence-electron chi connectivity index (χ2n) is 0.776. The van der Waals surface area contributed by atoms with Gasteiger partial charge in [0.2, 0.25) is 0 Å². The summed E-state index contributed by atoms with van der Waals surface area (Å²) in [5, 5.41) is 7.58. The van der Waals surface area contributed by atoms with Gasteiger partial charge in [-0.2, -0.15) is 5.84 Å². The first-order valence-electron chi connectivity index (χ1n) is 1.39. The monoisotopic (exact) mass is 198 g/mol. The number of nitrogens with two attached hydrogens (primary N) is 1. The number of hydrazine groups is 1. The molecule has 0 spiro atoms. The first-order chi connectivity index (χ1) is 3.73. The maximum atomic E-state index is 8.77. The van der Waals surface area contributed by atoms with Crippen molar-refractivity contribution in [3.8, 4) is 0 Å². The van der Waals surface area contributed by atoms with E-state index in [1.54, 1.807) is 0 Å². The molecule has 0 unspecified atom stereocenters. The Morgan fingerprint density at radius 2 is 1.50 bits per heavy atom. The Labute approximate surface area is 98.2 Å². The second-order valence-corrected chi connectivity index (χ2v) is 1.76. The molecule has 0 heterocycles. The molecule has 10 heavy (non-hydrogen) atoms. The van der Waals surface area contributed by atoms with Crippen LogP contribution in [-0.4, -0.2) is 14.8 Å². The van der Waals surface area contributed by atoms with Gasteiger partial charge in [0, 0.05) is 0 Å². The Kier molecular flexibility index (Phi) is 13.8. The third kappa shape index (κ3) is 631. The van der Waals surface area contributed by atoms with Gasteiger partial charge in [0.25, 0.3) is 7.82 Å². The zero-order chi connectivity index (χ0) is 8.08. The van der Waals surface area contributed by atoms with E-state index in [4.69, 9.17) is 29.4 Å². The first-order valence-corrected chi connectivity index (χ1v) is 2.92. The van der Waals surface area contributed by atoms with E-state index in [-0.39, 0.29) is 51.4 Å². The first kappa shape index (κ1) is 17.1. The van der Waals surface area contributed by atoms with Gasteiger partial charge in [-0.3, -0.25) is 4.57 Å². The van der Waals surface area contributed by atoms with Gasteiger partial charge >= 0.3 is 51.4 Å². The summed E-state index contributed by atoms with van der Waals surface area (Å²) in [6, 6.07) is 0. The number of nitro groups is 1. The molecule has 0 radical (unpaired) electrons. The van der Waals surface area contributed by atoms with Gasteiger partial charge < -0.3 is 14.7 Å². The average Bonchev–Trinajstić information content (AvgIpc) is 1.19. The van der Waals surface area contributed by atoms with E-state index in [0.29, 0.717) is 0 Å². The molecule has 56 valence electrons. The summed E-state index contributed by atoms with van der Waals surface area (Å²) >= 11 is 0. The van der Waals surface area contributed by atoms with E-state index in [1.165, 1.54) is 0 Å². The maximum Gasteiger partial charge on any atom is 1.00 e. The van der Waals surface area contributed by atoms with Crippen molar-refractivity contribution >= 4 is 7.82 Å². The SMILES string of the molecule is N[N+](=O)[O-].O=P([O-])(O)O.[K+]. The van der Waals surface area contributed by atoms with Gasteiger partial charge in [-0.15, -0.1) is 0 Å². The molecule has 0 amide bonds. The van der Waals surface area contributed by atoms with E-state index < -0.39 is 12.9 Å². The largest absolute Gasteiger partial charge is 1.00 e. The molecule has 0 aromatic heterocycles. The summed E-state index contributed by atoms with van der Waals surface area (Å²) in [4.78, 5) is 31.5. The third-order valence-electron chi connectivity index (χ3n) is 0. The molecule has 8 nitrogen and oxygen atoms in total. The molecule has 0 fully saturated rings. The fraction of sp³-hybridized carbons (Fsp3) is 0. The minimum absolute atomic E-state index is 0. The molecule has 0 aromatic rings. The number of phosphoric acid groups is 1. The normalized spacial score (nSPS) is 8.30. The quantitative estimate of drug-likeness (QED) is 0.115. The van der Waals surface area contributed by atoms with Crippen LogP contribution in [0.25, 0.3) is 0 Å². The molecule has 0 saturated heterocycles. The fourth-order valence-electron chi connectivity index (χ4n) is 0. The summed E-state index contributed by atoms with van der Waals surface area (Å²) in [7, 11) is -4.89. The van der Waals surface area contributed by atoms with Crippen molar-refractivity contribution < 1.29 is 75.7 Å². The van der Waals surface area contributed by atoms with Crippen LogP contribution in [0.15, 0.2) is 0 Å². The second kappa shape index (κ2) is 8.05. The van der Waals surface area contributed by atoms with Crippen molar-refractivity contribution in [1.29, 1.82) is 0 Å². The van der Waals surface area contributed by atoms with E-state index in [1.807, 2.05) is 0 Å². The minimum Gasteiger partial charge on any atom is -0.756 e. The maximum absolute atomic E-state index is 8.77. The molecule has 0 rings (SSSR count). The number of hydrogen-bond donors (Lipinski definition) is 3. The fourth-order valence-corrected chi connectivity index (χ4v) is 0. The average molecular weight is 198 g/mol. The summed E-state index contributed by atoms with van der Waals surface area (Å²) in [6.45, 7) is 0. The van der Waals surface area contributed by atoms with Crippen LogP contribution in [0.2, 0.25) is 0 Å². The van der Waals surface area contributed by atoms with E-state index >= 15 is 0 Å². The number of rotatable bonds is 0.